The first-order chi connectivity index (χ1) is 14.3. The second-order valence-electron chi connectivity index (χ2n) is 6.50. The molecule has 9 nitrogen and oxygen atoms in total. The molecule has 0 atom stereocenters. The van der Waals surface area contributed by atoms with Crippen molar-refractivity contribution in [1.82, 2.24) is 4.31 Å². The fourth-order valence-corrected chi connectivity index (χ4v) is 4.55. The highest BCUT2D eigenvalue weighted by Crippen LogP contribution is 2.22. The summed E-state index contributed by atoms with van der Waals surface area (Å²) in [5, 5.41) is 5.81. The van der Waals surface area contributed by atoms with E-state index in [0.29, 0.717) is 29.6 Å². The number of hydrogen-bond donors (Lipinski definition) is 3. The molecule has 160 valence electrons. The van der Waals surface area contributed by atoms with Crippen LogP contribution < -0.4 is 16.4 Å². The van der Waals surface area contributed by atoms with Crippen molar-refractivity contribution < 1.29 is 22.7 Å². The summed E-state index contributed by atoms with van der Waals surface area (Å²) in [6.07, 6.45) is 0. The highest BCUT2D eigenvalue weighted by molar-refractivity contribution is 7.89. The minimum atomic E-state index is -3.67. The Balaban J connectivity index is 1.67. The summed E-state index contributed by atoms with van der Waals surface area (Å²) >= 11 is 5.86. The minimum absolute atomic E-state index is 0.0869. The normalized spacial score (nSPS) is 14.8. The van der Waals surface area contributed by atoms with Crippen molar-refractivity contribution in [2.45, 2.75) is 4.90 Å². The summed E-state index contributed by atoms with van der Waals surface area (Å²) in [6, 6.07) is 10.5. The molecule has 11 heteroatoms. The number of carbonyl (C=O) groups is 2. The van der Waals surface area contributed by atoms with Crippen molar-refractivity contribution in [3.05, 3.63) is 53.1 Å². The molecule has 2 aromatic rings. The predicted octanol–water partition coefficient (Wildman–Crippen LogP) is 1.51. The summed E-state index contributed by atoms with van der Waals surface area (Å²) in [7, 11) is -3.67. The number of amides is 2. The van der Waals surface area contributed by atoms with Crippen LogP contribution in [-0.4, -0.2) is 57.4 Å². The monoisotopic (exact) mass is 452 g/mol. The Morgan fingerprint density at radius 3 is 2.57 bits per heavy atom. The fourth-order valence-electron chi connectivity index (χ4n) is 2.93. The number of sulfonamides is 1. The first kappa shape index (κ1) is 22.0. The zero-order chi connectivity index (χ0) is 21.7. The third kappa shape index (κ3) is 5.28. The summed E-state index contributed by atoms with van der Waals surface area (Å²) in [5.41, 5.74) is 6.19. The zero-order valence-corrected chi connectivity index (χ0v) is 17.5. The summed E-state index contributed by atoms with van der Waals surface area (Å²) in [6.45, 7) is 1.10. The Bertz CT molecular complexity index is 1050. The molecule has 1 heterocycles. The Morgan fingerprint density at radius 1 is 1.13 bits per heavy atom. The number of anilines is 2. The number of hydrogen-bond acceptors (Lipinski definition) is 6. The number of nitrogens with zero attached hydrogens (tertiary/aromatic N) is 1. The Labute approximate surface area is 179 Å². The highest BCUT2D eigenvalue weighted by atomic mass is 35.5. The molecule has 1 saturated heterocycles. The molecule has 0 bridgehead atoms. The number of morpholine rings is 1. The lowest BCUT2D eigenvalue weighted by atomic mass is 10.1. The second kappa shape index (κ2) is 9.43. The highest BCUT2D eigenvalue weighted by Gasteiger charge is 2.26. The molecule has 1 fully saturated rings. The van der Waals surface area contributed by atoms with Crippen molar-refractivity contribution in [1.29, 1.82) is 0 Å². The number of benzene rings is 2. The van der Waals surface area contributed by atoms with Crippen LogP contribution in [0.15, 0.2) is 47.4 Å². The Hall–Kier alpha value is -2.66. The van der Waals surface area contributed by atoms with Crippen molar-refractivity contribution in [3.63, 3.8) is 0 Å². The Morgan fingerprint density at radius 2 is 1.87 bits per heavy atom. The molecule has 0 aliphatic carbocycles. The fraction of sp³-hybridized carbons (Fsp3) is 0.263. The van der Waals surface area contributed by atoms with Gasteiger partial charge in [-0.15, -0.1) is 0 Å². The van der Waals surface area contributed by atoms with E-state index in [4.69, 9.17) is 22.1 Å². The van der Waals surface area contributed by atoms with E-state index >= 15 is 0 Å². The van der Waals surface area contributed by atoms with E-state index < -0.39 is 21.8 Å². The van der Waals surface area contributed by atoms with Gasteiger partial charge in [-0.25, -0.2) is 8.42 Å². The van der Waals surface area contributed by atoms with Gasteiger partial charge in [-0.3, -0.25) is 9.59 Å². The average Bonchev–Trinajstić information content (AvgIpc) is 2.73. The molecule has 1 aliphatic rings. The SMILES string of the molecule is NC(=O)c1cc(Cl)ccc1NCC(=O)Nc1cccc(S(=O)(=O)N2CCOCC2)c1. The number of primary amides is 1. The number of nitrogens with two attached hydrogens (primary N) is 1. The predicted molar refractivity (Wildman–Crippen MR) is 113 cm³/mol. The number of rotatable bonds is 7. The van der Waals surface area contributed by atoms with Gasteiger partial charge >= 0.3 is 0 Å². The maximum atomic E-state index is 12.8. The number of halogens is 1. The number of ether oxygens (including phenoxy) is 1. The molecule has 0 saturated carbocycles. The lowest BCUT2D eigenvalue weighted by Gasteiger charge is -2.26. The number of nitrogens with one attached hydrogen (secondary N) is 2. The van der Waals surface area contributed by atoms with Crippen LogP contribution in [0.5, 0.6) is 0 Å². The van der Waals surface area contributed by atoms with Gasteiger partial charge in [-0.1, -0.05) is 17.7 Å². The largest absolute Gasteiger partial charge is 0.379 e. The second-order valence-corrected chi connectivity index (χ2v) is 8.87. The summed E-state index contributed by atoms with van der Waals surface area (Å²) in [4.78, 5) is 23.9. The molecule has 3 rings (SSSR count). The minimum Gasteiger partial charge on any atom is -0.379 e. The van der Waals surface area contributed by atoms with Crippen LogP contribution in [0.4, 0.5) is 11.4 Å². The van der Waals surface area contributed by atoms with Crippen molar-refractivity contribution in [2.75, 3.05) is 43.5 Å². The molecule has 30 heavy (non-hydrogen) atoms. The van der Waals surface area contributed by atoms with Crippen molar-refractivity contribution in [2.24, 2.45) is 5.73 Å². The smallest absolute Gasteiger partial charge is 0.250 e. The van der Waals surface area contributed by atoms with Gasteiger partial charge in [0, 0.05) is 29.5 Å². The standard InChI is InChI=1S/C19H21ClN4O5S/c20-13-4-5-17(16(10-13)19(21)26)22-12-18(25)23-14-2-1-3-15(11-14)30(27,28)24-6-8-29-9-7-24/h1-5,10-11,22H,6-9,12H2,(H2,21,26)(H,23,25). The lowest BCUT2D eigenvalue weighted by Crippen LogP contribution is -2.40. The molecule has 0 aromatic heterocycles. The van der Waals surface area contributed by atoms with Crippen LogP contribution in [0.25, 0.3) is 0 Å². The maximum Gasteiger partial charge on any atom is 0.250 e. The molecule has 0 spiro atoms. The average molecular weight is 453 g/mol. The number of carbonyl (C=O) groups excluding carboxylic acids is 2. The van der Waals surface area contributed by atoms with E-state index in [0.717, 1.165) is 0 Å². The molecule has 2 amide bonds. The van der Waals surface area contributed by atoms with E-state index in [1.165, 1.54) is 22.5 Å². The van der Waals surface area contributed by atoms with Crippen LogP contribution in [0.3, 0.4) is 0 Å². The topological polar surface area (TPSA) is 131 Å². The quantitative estimate of drug-likeness (QED) is 0.583. The molecular weight excluding hydrogens is 432 g/mol. The van der Waals surface area contributed by atoms with Gasteiger partial charge in [0.15, 0.2) is 0 Å². The molecule has 2 aromatic carbocycles. The van der Waals surface area contributed by atoms with Gasteiger partial charge in [0.1, 0.15) is 0 Å². The van der Waals surface area contributed by atoms with Gasteiger partial charge < -0.3 is 21.1 Å². The first-order valence-electron chi connectivity index (χ1n) is 9.08. The Kier molecular flexibility index (Phi) is 6.93. The third-order valence-electron chi connectivity index (χ3n) is 4.41. The van der Waals surface area contributed by atoms with Crippen molar-refractivity contribution in [3.8, 4) is 0 Å². The van der Waals surface area contributed by atoms with Crippen LogP contribution in [-0.2, 0) is 19.6 Å². The van der Waals surface area contributed by atoms with Crippen LogP contribution >= 0.6 is 11.6 Å². The van der Waals surface area contributed by atoms with Crippen LogP contribution in [0, 0.1) is 0 Å². The van der Waals surface area contributed by atoms with Crippen molar-refractivity contribution >= 4 is 44.8 Å². The van der Waals surface area contributed by atoms with E-state index in [-0.39, 0.29) is 30.1 Å². The van der Waals surface area contributed by atoms with E-state index in [1.54, 1.807) is 24.3 Å². The van der Waals surface area contributed by atoms with E-state index in [1.807, 2.05) is 0 Å². The van der Waals surface area contributed by atoms with E-state index in [2.05, 4.69) is 10.6 Å². The third-order valence-corrected chi connectivity index (χ3v) is 6.54. The summed E-state index contributed by atoms with van der Waals surface area (Å²) < 4.78 is 32.1. The first-order valence-corrected chi connectivity index (χ1v) is 10.9. The van der Waals surface area contributed by atoms with Crippen LogP contribution in [0.2, 0.25) is 5.02 Å². The van der Waals surface area contributed by atoms with Gasteiger partial charge in [-0.05, 0) is 36.4 Å². The lowest BCUT2D eigenvalue weighted by molar-refractivity contribution is -0.114. The van der Waals surface area contributed by atoms with Gasteiger partial charge in [-0.2, -0.15) is 4.31 Å². The molecule has 4 N–H and O–H groups in total. The van der Waals surface area contributed by atoms with Crippen LogP contribution in [0.1, 0.15) is 10.4 Å². The molecular formula is C19H21ClN4O5S. The van der Waals surface area contributed by atoms with Gasteiger partial charge in [0.05, 0.1) is 30.2 Å². The van der Waals surface area contributed by atoms with Gasteiger partial charge in [0.2, 0.25) is 15.9 Å². The molecule has 1 aliphatic heterocycles. The van der Waals surface area contributed by atoms with Gasteiger partial charge in [0.25, 0.3) is 5.91 Å². The molecule has 0 unspecified atom stereocenters. The molecule has 0 radical (unpaired) electrons. The summed E-state index contributed by atoms with van der Waals surface area (Å²) in [5.74, 6) is -1.11. The van der Waals surface area contributed by atoms with E-state index in [9.17, 15) is 18.0 Å². The maximum absolute atomic E-state index is 12.8. The zero-order valence-electron chi connectivity index (χ0n) is 15.9.